The summed E-state index contributed by atoms with van der Waals surface area (Å²) in [6.45, 7) is 1.66. The minimum absolute atomic E-state index is 0.274. The summed E-state index contributed by atoms with van der Waals surface area (Å²) in [7, 11) is 0. The monoisotopic (exact) mass is 326 g/mol. The number of imide groups is 1. The third-order valence-corrected chi connectivity index (χ3v) is 3.42. The molecule has 1 aliphatic heterocycles. The molecular formula is C14H15ClN2O5. The molecule has 1 saturated heterocycles. The number of nitrogens with one attached hydrogen (secondary N) is 1. The second kappa shape index (κ2) is 7.13. The Morgan fingerprint density at radius 1 is 1.36 bits per heavy atom. The number of hydrogen-bond donors (Lipinski definition) is 1. The number of halogens is 1. The highest BCUT2D eigenvalue weighted by atomic mass is 35.5. The van der Waals surface area contributed by atoms with Gasteiger partial charge in [0.1, 0.15) is 5.75 Å². The lowest BCUT2D eigenvalue weighted by atomic mass is 10.2. The molecule has 1 aliphatic rings. The van der Waals surface area contributed by atoms with Crippen LogP contribution in [-0.4, -0.2) is 49.1 Å². The SMILES string of the molecule is Cc1cc(OCC(=O)OCC(=O)N2CCNC2=O)ccc1Cl. The molecule has 7 nitrogen and oxygen atoms in total. The highest BCUT2D eigenvalue weighted by Crippen LogP contribution is 2.20. The van der Waals surface area contributed by atoms with Crippen LogP contribution in [-0.2, 0) is 14.3 Å². The van der Waals surface area contributed by atoms with E-state index in [-0.39, 0.29) is 13.2 Å². The summed E-state index contributed by atoms with van der Waals surface area (Å²) in [6.07, 6.45) is 0. The summed E-state index contributed by atoms with van der Waals surface area (Å²) in [6, 6.07) is 4.50. The summed E-state index contributed by atoms with van der Waals surface area (Å²) >= 11 is 5.88. The van der Waals surface area contributed by atoms with E-state index in [0.29, 0.717) is 17.3 Å². The molecule has 0 aliphatic carbocycles. The number of urea groups is 1. The Morgan fingerprint density at radius 3 is 2.77 bits per heavy atom. The van der Waals surface area contributed by atoms with E-state index in [1.54, 1.807) is 18.2 Å². The van der Waals surface area contributed by atoms with Crippen LogP contribution in [0.25, 0.3) is 0 Å². The second-order valence-corrected chi connectivity index (χ2v) is 5.04. The minimum atomic E-state index is -0.694. The van der Waals surface area contributed by atoms with Crippen LogP contribution in [0.3, 0.4) is 0 Å². The fourth-order valence-electron chi connectivity index (χ4n) is 1.82. The standard InChI is InChI=1S/C14H15ClN2O5/c1-9-6-10(2-3-11(9)15)21-8-13(19)22-7-12(18)17-5-4-16-14(17)20/h2-3,6H,4-5,7-8H2,1H3,(H,16,20). The topological polar surface area (TPSA) is 84.9 Å². The number of hydrogen-bond acceptors (Lipinski definition) is 5. The fraction of sp³-hybridized carbons (Fsp3) is 0.357. The van der Waals surface area contributed by atoms with Gasteiger partial charge in [0, 0.05) is 18.1 Å². The van der Waals surface area contributed by atoms with Gasteiger partial charge in [-0.05, 0) is 30.7 Å². The van der Waals surface area contributed by atoms with Crippen molar-refractivity contribution in [1.82, 2.24) is 10.2 Å². The van der Waals surface area contributed by atoms with Gasteiger partial charge >= 0.3 is 12.0 Å². The number of nitrogens with zero attached hydrogens (tertiary/aromatic N) is 1. The largest absolute Gasteiger partial charge is 0.482 e. The zero-order valence-electron chi connectivity index (χ0n) is 11.9. The maximum atomic E-state index is 11.6. The highest BCUT2D eigenvalue weighted by Gasteiger charge is 2.26. The minimum Gasteiger partial charge on any atom is -0.482 e. The van der Waals surface area contributed by atoms with E-state index in [9.17, 15) is 14.4 Å². The number of benzene rings is 1. The summed E-state index contributed by atoms with van der Waals surface area (Å²) < 4.78 is 10.0. The molecule has 1 heterocycles. The van der Waals surface area contributed by atoms with Crippen molar-refractivity contribution < 1.29 is 23.9 Å². The van der Waals surface area contributed by atoms with Gasteiger partial charge in [-0.1, -0.05) is 11.6 Å². The van der Waals surface area contributed by atoms with Crippen molar-refractivity contribution in [1.29, 1.82) is 0 Å². The van der Waals surface area contributed by atoms with E-state index >= 15 is 0 Å². The Hall–Kier alpha value is -2.28. The Bertz CT molecular complexity index is 605. The number of carbonyl (C=O) groups excluding carboxylic acids is 3. The molecule has 1 N–H and O–H groups in total. The first kappa shape index (κ1) is 16.1. The van der Waals surface area contributed by atoms with E-state index in [1.807, 2.05) is 6.92 Å². The summed E-state index contributed by atoms with van der Waals surface area (Å²) in [5.41, 5.74) is 0.822. The van der Waals surface area contributed by atoms with Crippen LogP contribution in [0, 0.1) is 6.92 Å². The second-order valence-electron chi connectivity index (χ2n) is 4.64. The van der Waals surface area contributed by atoms with Gasteiger partial charge < -0.3 is 14.8 Å². The van der Waals surface area contributed by atoms with E-state index in [2.05, 4.69) is 5.32 Å². The van der Waals surface area contributed by atoms with Crippen LogP contribution in [0.5, 0.6) is 5.75 Å². The highest BCUT2D eigenvalue weighted by molar-refractivity contribution is 6.31. The van der Waals surface area contributed by atoms with Gasteiger partial charge in [-0.15, -0.1) is 0 Å². The van der Waals surface area contributed by atoms with Crippen LogP contribution in [0.15, 0.2) is 18.2 Å². The molecule has 118 valence electrons. The third-order valence-electron chi connectivity index (χ3n) is 3.00. The number of carbonyl (C=O) groups is 3. The lowest BCUT2D eigenvalue weighted by molar-refractivity contribution is -0.152. The molecule has 0 unspecified atom stereocenters. The van der Waals surface area contributed by atoms with Crippen molar-refractivity contribution in [3.8, 4) is 5.75 Å². The van der Waals surface area contributed by atoms with Crippen molar-refractivity contribution in [2.45, 2.75) is 6.92 Å². The van der Waals surface area contributed by atoms with E-state index < -0.39 is 24.5 Å². The normalized spacial score (nSPS) is 13.7. The number of rotatable bonds is 5. The van der Waals surface area contributed by atoms with Crippen molar-refractivity contribution in [2.75, 3.05) is 26.3 Å². The van der Waals surface area contributed by atoms with Crippen LogP contribution in [0.2, 0.25) is 5.02 Å². The predicted molar refractivity (Wildman–Crippen MR) is 77.8 cm³/mol. The lowest BCUT2D eigenvalue weighted by Crippen LogP contribution is -2.37. The smallest absolute Gasteiger partial charge is 0.344 e. The predicted octanol–water partition coefficient (Wildman–Crippen LogP) is 1.12. The van der Waals surface area contributed by atoms with Gasteiger partial charge in [0.2, 0.25) is 0 Å². The Morgan fingerprint density at radius 2 is 2.14 bits per heavy atom. The first-order valence-electron chi connectivity index (χ1n) is 6.60. The fourth-order valence-corrected chi connectivity index (χ4v) is 1.94. The average Bonchev–Trinajstić information content (AvgIpc) is 2.92. The summed E-state index contributed by atoms with van der Waals surface area (Å²) in [5, 5.41) is 3.09. The number of ether oxygens (including phenoxy) is 2. The lowest BCUT2D eigenvalue weighted by Gasteiger charge is -2.12. The Balaban J connectivity index is 1.74. The Labute approximate surface area is 132 Å². The molecule has 2 rings (SSSR count). The molecule has 1 aromatic carbocycles. The molecule has 0 aromatic heterocycles. The number of amides is 3. The van der Waals surface area contributed by atoms with Gasteiger partial charge in [-0.25, -0.2) is 9.59 Å². The first-order valence-corrected chi connectivity index (χ1v) is 6.98. The molecule has 1 aromatic rings. The molecule has 3 amide bonds. The van der Waals surface area contributed by atoms with E-state index in [1.165, 1.54) is 0 Å². The van der Waals surface area contributed by atoms with Crippen LogP contribution >= 0.6 is 11.6 Å². The van der Waals surface area contributed by atoms with Crippen molar-refractivity contribution in [3.05, 3.63) is 28.8 Å². The van der Waals surface area contributed by atoms with Gasteiger partial charge in [-0.2, -0.15) is 0 Å². The molecule has 8 heteroatoms. The third kappa shape index (κ3) is 4.11. The van der Waals surface area contributed by atoms with Gasteiger partial charge in [0.05, 0.1) is 0 Å². The van der Waals surface area contributed by atoms with Crippen molar-refractivity contribution in [3.63, 3.8) is 0 Å². The van der Waals surface area contributed by atoms with Crippen molar-refractivity contribution >= 4 is 29.5 Å². The van der Waals surface area contributed by atoms with E-state index in [4.69, 9.17) is 21.1 Å². The zero-order valence-corrected chi connectivity index (χ0v) is 12.7. The number of esters is 1. The quantitative estimate of drug-likeness (QED) is 0.820. The zero-order chi connectivity index (χ0) is 16.1. The molecule has 0 bridgehead atoms. The van der Waals surface area contributed by atoms with Gasteiger partial charge in [0.25, 0.3) is 5.91 Å². The molecule has 22 heavy (non-hydrogen) atoms. The molecule has 1 fully saturated rings. The molecular weight excluding hydrogens is 312 g/mol. The summed E-state index contributed by atoms with van der Waals surface area (Å²) in [5.74, 6) is -0.782. The van der Waals surface area contributed by atoms with Crippen LogP contribution < -0.4 is 10.1 Å². The van der Waals surface area contributed by atoms with Gasteiger partial charge in [-0.3, -0.25) is 9.69 Å². The maximum absolute atomic E-state index is 11.6. The molecule has 0 radical (unpaired) electrons. The summed E-state index contributed by atoms with van der Waals surface area (Å²) in [4.78, 5) is 35.4. The Kier molecular flexibility index (Phi) is 5.21. The van der Waals surface area contributed by atoms with Crippen LogP contribution in [0.4, 0.5) is 4.79 Å². The molecule has 0 spiro atoms. The van der Waals surface area contributed by atoms with Crippen LogP contribution in [0.1, 0.15) is 5.56 Å². The van der Waals surface area contributed by atoms with E-state index in [0.717, 1.165) is 10.5 Å². The number of aryl methyl sites for hydroxylation is 1. The average molecular weight is 327 g/mol. The van der Waals surface area contributed by atoms with Gasteiger partial charge in [0.15, 0.2) is 13.2 Å². The molecule has 0 atom stereocenters. The maximum Gasteiger partial charge on any atom is 0.344 e. The molecule has 0 saturated carbocycles. The van der Waals surface area contributed by atoms with Crippen molar-refractivity contribution in [2.24, 2.45) is 0 Å². The first-order chi connectivity index (χ1) is 10.5.